The molecule has 1 heterocycles. The van der Waals surface area contributed by atoms with Crippen LogP contribution in [-0.4, -0.2) is 58.0 Å². The van der Waals surface area contributed by atoms with Crippen molar-refractivity contribution in [3.63, 3.8) is 0 Å². The van der Waals surface area contributed by atoms with Crippen molar-refractivity contribution in [2.45, 2.75) is 31.5 Å². The van der Waals surface area contributed by atoms with E-state index in [1.807, 2.05) is 0 Å². The minimum Gasteiger partial charge on any atom is -0.394 e. The normalized spacial score (nSPS) is 12.7. The molecule has 9 nitrogen and oxygen atoms in total. The summed E-state index contributed by atoms with van der Waals surface area (Å²) in [5, 5.41) is 23.4. The monoisotopic (exact) mass is 488 g/mol. The average molecular weight is 488 g/mol. The van der Waals surface area contributed by atoms with E-state index < -0.39 is 42.5 Å². The second kappa shape index (κ2) is 11.5. The minimum atomic E-state index is -1.13. The Balaban J connectivity index is 1.86. The SMILES string of the molecule is CN(C(=O)NCc1cccc(F)c1F)[C@@H](Cc1nc(OC(N)=O)cc2ccccc12)C[C@H](O)CO. The van der Waals surface area contributed by atoms with E-state index in [1.54, 1.807) is 30.3 Å². The predicted octanol–water partition coefficient (Wildman–Crippen LogP) is 2.47. The number of primary amides is 1. The van der Waals surface area contributed by atoms with Crippen molar-refractivity contribution in [2.75, 3.05) is 13.7 Å². The summed E-state index contributed by atoms with van der Waals surface area (Å²) < 4.78 is 32.3. The van der Waals surface area contributed by atoms with Crippen LogP contribution < -0.4 is 15.8 Å². The van der Waals surface area contributed by atoms with E-state index in [0.29, 0.717) is 11.1 Å². The molecule has 186 valence electrons. The van der Waals surface area contributed by atoms with Crippen LogP contribution in [0.3, 0.4) is 0 Å². The van der Waals surface area contributed by atoms with Gasteiger partial charge in [0.25, 0.3) is 0 Å². The van der Waals surface area contributed by atoms with Crippen molar-refractivity contribution in [1.29, 1.82) is 0 Å². The molecule has 0 saturated heterocycles. The molecule has 11 heteroatoms. The van der Waals surface area contributed by atoms with Crippen LogP contribution in [0, 0.1) is 11.6 Å². The molecule has 0 saturated carbocycles. The number of carbonyl (C=O) groups is 2. The highest BCUT2D eigenvalue weighted by Crippen LogP contribution is 2.25. The summed E-state index contributed by atoms with van der Waals surface area (Å²) >= 11 is 0. The topological polar surface area (TPSA) is 138 Å². The lowest BCUT2D eigenvalue weighted by molar-refractivity contribution is 0.0662. The zero-order valence-electron chi connectivity index (χ0n) is 18.9. The van der Waals surface area contributed by atoms with Crippen molar-refractivity contribution < 1.29 is 33.3 Å². The van der Waals surface area contributed by atoms with Gasteiger partial charge in [-0.25, -0.2) is 23.4 Å². The first-order valence-electron chi connectivity index (χ1n) is 10.8. The Morgan fingerprint density at radius 3 is 2.66 bits per heavy atom. The Morgan fingerprint density at radius 1 is 1.20 bits per heavy atom. The van der Waals surface area contributed by atoms with Crippen molar-refractivity contribution in [3.8, 4) is 5.88 Å². The molecule has 0 spiro atoms. The molecule has 3 aromatic rings. The fourth-order valence-electron chi connectivity index (χ4n) is 3.69. The van der Waals surface area contributed by atoms with Crippen LogP contribution in [0.2, 0.25) is 0 Å². The summed E-state index contributed by atoms with van der Waals surface area (Å²) in [4.78, 5) is 29.7. The van der Waals surface area contributed by atoms with Crippen molar-refractivity contribution in [1.82, 2.24) is 15.2 Å². The van der Waals surface area contributed by atoms with Gasteiger partial charge in [0.2, 0.25) is 5.88 Å². The summed E-state index contributed by atoms with van der Waals surface area (Å²) in [6, 6.07) is 11.1. The second-order valence-corrected chi connectivity index (χ2v) is 7.96. The van der Waals surface area contributed by atoms with Gasteiger partial charge in [0.15, 0.2) is 11.6 Å². The third-order valence-corrected chi connectivity index (χ3v) is 5.51. The maximum absolute atomic E-state index is 13.9. The number of halogens is 2. The number of benzene rings is 2. The molecule has 0 fully saturated rings. The number of fused-ring (bicyclic) bond motifs is 1. The number of nitrogens with zero attached hydrogens (tertiary/aromatic N) is 2. The molecule has 5 N–H and O–H groups in total. The van der Waals surface area contributed by atoms with Gasteiger partial charge in [-0.2, -0.15) is 0 Å². The largest absolute Gasteiger partial charge is 0.411 e. The molecule has 0 aliphatic rings. The smallest absolute Gasteiger partial charge is 0.394 e. The minimum absolute atomic E-state index is 0.00828. The third kappa shape index (κ3) is 6.61. The van der Waals surface area contributed by atoms with Crippen molar-refractivity contribution in [2.24, 2.45) is 5.73 Å². The van der Waals surface area contributed by atoms with Crippen LogP contribution in [0.5, 0.6) is 5.88 Å². The van der Waals surface area contributed by atoms with Gasteiger partial charge in [0, 0.05) is 43.1 Å². The van der Waals surface area contributed by atoms with Gasteiger partial charge >= 0.3 is 12.1 Å². The first-order valence-corrected chi connectivity index (χ1v) is 10.8. The fraction of sp³-hybridized carbons (Fsp3) is 0.292. The number of rotatable bonds is 9. The number of aromatic nitrogens is 1. The van der Waals surface area contributed by atoms with Gasteiger partial charge in [-0.3, -0.25) is 0 Å². The molecular weight excluding hydrogens is 462 g/mol. The van der Waals surface area contributed by atoms with E-state index >= 15 is 0 Å². The Kier molecular flexibility index (Phi) is 8.50. The Hall–Kier alpha value is -3.83. The van der Waals surface area contributed by atoms with E-state index in [-0.39, 0.29) is 30.8 Å². The number of aliphatic hydroxyl groups is 2. The molecule has 35 heavy (non-hydrogen) atoms. The number of pyridine rings is 1. The maximum Gasteiger partial charge on any atom is 0.411 e. The Labute approximate surface area is 200 Å². The lowest BCUT2D eigenvalue weighted by atomic mass is 9.99. The van der Waals surface area contributed by atoms with E-state index in [4.69, 9.17) is 10.5 Å². The van der Waals surface area contributed by atoms with Crippen LogP contribution in [0.1, 0.15) is 17.7 Å². The number of ether oxygens (including phenoxy) is 1. The molecule has 0 bridgehead atoms. The van der Waals surface area contributed by atoms with Gasteiger partial charge in [-0.05, 0) is 17.9 Å². The predicted molar refractivity (Wildman–Crippen MR) is 124 cm³/mol. The van der Waals surface area contributed by atoms with Crippen LogP contribution in [-0.2, 0) is 13.0 Å². The highest BCUT2D eigenvalue weighted by atomic mass is 19.2. The van der Waals surface area contributed by atoms with Crippen LogP contribution in [0.25, 0.3) is 10.8 Å². The molecule has 3 amide bonds. The van der Waals surface area contributed by atoms with E-state index in [1.165, 1.54) is 24.1 Å². The molecule has 0 aliphatic heterocycles. The van der Waals surface area contributed by atoms with Crippen LogP contribution in [0.15, 0.2) is 48.5 Å². The van der Waals surface area contributed by atoms with Crippen molar-refractivity contribution in [3.05, 3.63) is 71.4 Å². The van der Waals surface area contributed by atoms with E-state index in [9.17, 15) is 28.6 Å². The second-order valence-electron chi connectivity index (χ2n) is 7.96. The summed E-state index contributed by atoms with van der Waals surface area (Å²) in [6.07, 6.45) is -2.06. The molecule has 0 radical (unpaired) electrons. The number of nitrogens with one attached hydrogen (secondary N) is 1. The fourth-order valence-corrected chi connectivity index (χ4v) is 3.69. The summed E-state index contributed by atoms with van der Waals surface area (Å²) in [5.74, 6) is -2.10. The lowest BCUT2D eigenvalue weighted by Crippen LogP contribution is -2.46. The quantitative estimate of drug-likeness (QED) is 0.365. The van der Waals surface area contributed by atoms with Gasteiger partial charge < -0.3 is 30.9 Å². The van der Waals surface area contributed by atoms with Gasteiger partial charge in [-0.15, -0.1) is 0 Å². The maximum atomic E-state index is 13.9. The molecule has 0 unspecified atom stereocenters. The number of likely N-dealkylation sites (N-methyl/N-ethyl adjacent to an activating group) is 1. The number of hydrogen-bond acceptors (Lipinski definition) is 6. The number of hydrogen-bond donors (Lipinski definition) is 4. The standard InChI is InChI=1S/C24H26F2N4O5/c1-30(24(34)28-12-15-6-4-8-19(25)22(15)26)16(10-17(32)13-31)11-20-18-7-3-2-5-14(18)9-21(29-20)35-23(27)33/h2-9,16-17,31-32H,10-13H2,1H3,(H2,27,33)(H,28,34)/t16-,17+/m1/s1. The molecule has 2 aromatic carbocycles. The summed E-state index contributed by atoms with van der Waals surface area (Å²) in [6.45, 7) is -0.787. The van der Waals surface area contributed by atoms with E-state index in [2.05, 4.69) is 10.3 Å². The molecular formula is C24H26F2N4O5. The zero-order valence-corrected chi connectivity index (χ0v) is 18.9. The Morgan fingerprint density at radius 2 is 1.94 bits per heavy atom. The molecule has 0 aliphatic carbocycles. The zero-order chi connectivity index (χ0) is 25.5. The van der Waals surface area contributed by atoms with Gasteiger partial charge in [0.1, 0.15) is 0 Å². The highest BCUT2D eigenvalue weighted by molar-refractivity contribution is 5.86. The number of aliphatic hydroxyl groups excluding tert-OH is 2. The number of urea groups is 1. The van der Waals surface area contributed by atoms with Crippen LogP contribution >= 0.6 is 0 Å². The first kappa shape index (κ1) is 25.8. The average Bonchev–Trinajstić information content (AvgIpc) is 2.83. The van der Waals surface area contributed by atoms with Crippen LogP contribution in [0.4, 0.5) is 18.4 Å². The van der Waals surface area contributed by atoms with Gasteiger partial charge in [-0.1, -0.05) is 36.4 Å². The van der Waals surface area contributed by atoms with Crippen molar-refractivity contribution >= 4 is 22.9 Å². The highest BCUT2D eigenvalue weighted by Gasteiger charge is 2.25. The Bertz CT molecular complexity index is 1210. The van der Waals surface area contributed by atoms with E-state index in [0.717, 1.165) is 11.5 Å². The summed E-state index contributed by atoms with van der Waals surface area (Å²) in [5.41, 5.74) is 5.56. The molecule has 2 atom stereocenters. The number of amides is 3. The van der Waals surface area contributed by atoms with Gasteiger partial charge in [0.05, 0.1) is 18.4 Å². The summed E-state index contributed by atoms with van der Waals surface area (Å²) in [7, 11) is 1.47. The molecule has 3 rings (SSSR count). The number of carbonyl (C=O) groups excluding carboxylic acids is 2. The third-order valence-electron chi connectivity index (χ3n) is 5.51. The molecule has 1 aromatic heterocycles. The lowest BCUT2D eigenvalue weighted by Gasteiger charge is -2.30. The first-order chi connectivity index (χ1) is 16.7. The number of nitrogens with two attached hydrogens (primary N) is 1.